The highest BCUT2D eigenvalue weighted by molar-refractivity contribution is 5.73. The van der Waals surface area contributed by atoms with Crippen LogP contribution >= 0.6 is 0 Å². The fourth-order valence-corrected chi connectivity index (χ4v) is 3.93. The molecule has 1 aliphatic heterocycles. The molecule has 3 atom stereocenters. The molecule has 2 N–H and O–H groups in total. The highest BCUT2D eigenvalue weighted by atomic mass is 16.4. The highest BCUT2D eigenvalue weighted by Crippen LogP contribution is 2.35. The molecule has 4 nitrogen and oxygen atoms in total. The lowest BCUT2D eigenvalue weighted by Gasteiger charge is -2.44. The molecule has 0 radical (unpaired) electrons. The van der Waals surface area contributed by atoms with Crippen LogP contribution in [0.2, 0.25) is 0 Å². The number of hydrogen-bond donors (Lipinski definition) is 2. The van der Waals surface area contributed by atoms with Gasteiger partial charge in [0.1, 0.15) is 6.04 Å². The molecule has 1 heterocycles. The number of nitrogens with one attached hydrogen (secondary N) is 1. The summed E-state index contributed by atoms with van der Waals surface area (Å²) < 4.78 is 0. The summed E-state index contributed by atoms with van der Waals surface area (Å²) in [5.74, 6) is 0.181. The average molecular weight is 282 g/mol. The summed E-state index contributed by atoms with van der Waals surface area (Å²) in [6, 6.07) is 0.358. The Morgan fingerprint density at radius 1 is 1.30 bits per heavy atom. The normalized spacial score (nSPS) is 28.9. The molecular weight excluding hydrogens is 252 g/mol. The lowest BCUT2D eigenvalue weighted by atomic mass is 9.78. The lowest BCUT2D eigenvalue weighted by Crippen LogP contribution is -2.49. The molecule has 20 heavy (non-hydrogen) atoms. The SMILES string of the molecule is CCCNC(CCN1CCC[C@H]2CCCC[C@H]21)C(=O)O. The molecule has 1 saturated heterocycles. The Bertz CT molecular complexity index is 307. The van der Waals surface area contributed by atoms with Crippen LogP contribution in [0.15, 0.2) is 0 Å². The van der Waals surface area contributed by atoms with Crippen molar-refractivity contribution in [1.82, 2.24) is 10.2 Å². The number of likely N-dealkylation sites (tertiary alicyclic amines) is 1. The van der Waals surface area contributed by atoms with Crippen molar-refractivity contribution in [2.75, 3.05) is 19.6 Å². The van der Waals surface area contributed by atoms with E-state index in [9.17, 15) is 9.90 Å². The zero-order chi connectivity index (χ0) is 14.4. The molecule has 0 aromatic rings. The van der Waals surface area contributed by atoms with Gasteiger partial charge >= 0.3 is 5.97 Å². The Balaban J connectivity index is 1.82. The van der Waals surface area contributed by atoms with Crippen LogP contribution in [0.1, 0.15) is 58.3 Å². The number of carboxylic acid groups (broad SMARTS) is 1. The summed E-state index contributed by atoms with van der Waals surface area (Å²) in [6.45, 7) is 4.97. The molecule has 2 aliphatic rings. The summed E-state index contributed by atoms with van der Waals surface area (Å²) in [5.41, 5.74) is 0. The second-order valence-electron chi connectivity index (χ2n) is 6.42. The van der Waals surface area contributed by atoms with Crippen LogP contribution in [0.4, 0.5) is 0 Å². The van der Waals surface area contributed by atoms with E-state index in [4.69, 9.17) is 0 Å². The quantitative estimate of drug-likeness (QED) is 0.753. The van der Waals surface area contributed by atoms with Gasteiger partial charge in [0, 0.05) is 12.6 Å². The number of nitrogens with zero attached hydrogens (tertiary/aromatic N) is 1. The van der Waals surface area contributed by atoms with Crippen LogP contribution < -0.4 is 5.32 Å². The summed E-state index contributed by atoms with van der Waals surface area (Å²) in [6.07, 6.45) is 9.86. The predicted molar refractivity (Wildman–Crippen MR) is 80.9 cm³/mol. The third kappa shape index (κ3) is 4.19. The predicted octanol–water partition coefficient (Wildman–Crippen LogP) is 2.48. The van der Waals surface area contributed by atoms with Crippen LogP contribution in [0.25, 0.3) is 0 Å². The summed E-state index contributed by atoms with van der Waals surface area (Å²) in [5, 5.41) is 12.4. The first kappa shape index (κ1) is 15.8. The molecule has 0 spiro atoms. The first-order valence-corrected chi connectivity index (χ1v) is 8.42. The summed E-state index contributed by atoms with van der Waals surface area (Å²) in [7, 11) is 0. The second-order valence-corrected chi connectivity index (χ2v) is 6.42. The van der Waals surface area contributed by atoms with Crippen molar-refractivity contribution >= 4 is 5.97 Å². The van der Waals surface area contributed by atoms with Crippen LogP contribution in [0, 0.1) is 5.92 Å². The van der Waals surface area contributed by atoms with Gasteiger partial charge in [0.15, 0.2) is 0 Å². The van der Waals surface area contributed by atoms with Gasteiger partial charge in [0.2, 0.25) is 0 Å². The fourth-order valence-electron chi connectivity index (χ4n) is 3.93. The van der Waals surface area contributed by atoms with Crippen molar-refractivity contribution in [3.8, 4) is 0 Å². The number of carboxylic acids is 1. The summed E-state index contributed by atoms with van der Waals surface area (Å²) >= 11 is 0. The maximum atomic E-state index is 11.3. The molecule has 4 heteroatoms. The Labute approximate surface area is 122 Å². The molecule has 0 bridgehead atoms. The zero-order valence-electron chi connectivity index (χ0n) is 12.8. The van der Waals surface area contributed by atoms with Gasteiger partial charge in [-0.25, -0.2) is 0 Å². The van der Waals surface area contributed by atoms with Gasteiger partial charge in [-0.05, 0) is 57.5 Å². The first-order valence-electron chi connectivity index (χ1n) is 8.42. The monoisotopic (exact) mass is 282 g/mol. The van der Waals surface area contributed by atoms with Crippen LogP contribution in [0.3, 0.4) is 0 Å². The van der Waals surface area contributed by atoms with E-state index in [1.807, 2.05) is 0 Å². The molecule has 0 amide bonds. The number of carbonyl (C=O) groups is 1. The number of aliphatic carboxylic acids is 1. The van der Waals surface area contributed by atoms with Gasteiger partial charge in [-0.2, -0.15) is 0 Å². The Morgan fingerprint density at radius 3 is 2.80 bits per heavy atom. The average Bonchev–Trinajstić information content (AvgIpc) is 2.47. The van der Waals surface area contributed by atoms with Crippen molar-refractivity contribution in [1.29, 1.82) is 0 Å². The molecule has 1 aliphatic carbocycles. The highest BCUT2D eigenvalue weighted by Gasteiger charge is 2.33. The molecule has 1 unspecified atom stereocenters. The van der Waals surface area contributed by atoms with Crippen molar-refractivity contribution in [3.63, 3.8) is 0 Å². The van der Waals surface area contributed by atoms with Gasteiger partial charge in [0.25, 0.3) is 0 Å². The number of hydrogen-bond acceptors (Lipinski definition) is 3. The minimum atomic E-state index is -0.698. The number of piperidine rings is 1. The van der Waals surface area contributed by atoms with E-state index in [0.29, 0.717) is 0 Å². The largest absolute Gasteiger partial charge is 0.480 e. The van der Waals surface area contributed by atoms with Gasteiger partial charge in [-0.1, -0.05) is 19.8 Å². The molecule has 1 saturated carbocycles. The zero-order valence-corrected chi connectivity index (χ0v) is 12.8. The van der Waals surface area contributed by atoms with Crippen LogP contribution in [-0.2, 0) is 4.79 Å². The molecule has 116 valence electrons. The van der Waals surface area contributed by atoms with Crippen molar-refractivity contribution in [2.24, 2.45) is 5.92 Å². The maximum Gasteiger partial charge on any atom is 0.320 e. The van der Waals surface area contributed by atoms with Gasteiger partial charge in [-0.15, -0.1) is 0 Å². The third-order valence-corrected chi connectivity index (χ3v) is 5.00. The smallest absolute Gasteiger partial charge is 0.320 e. The molecule has 2 fully saturated rings. The molecular formula is C16H30N2O2. The van der Waals surface area contributed by atoms with E-state index in [1.165, 1.54) is 45.1 Å². The van der Waals surface area contributed by atoms with Crippen molar-refractivity contribution in [2.45, 2.75) is 70.4 Å². The standard InChI is InChI=1S/C16H30N2O2/c1-2-10-17-14(16(19)20)9-12-18-11-5-7-13-6-3-4-8-15(13)18/h13-15,17H,2-12H2,1H3,(H,19,20)/t13-,14?,15-/m1/s1. The Morgan fingerprint density at radius 2 is 2.05 bits per heavy atom. The van der Waals surface area contributed by atoms with Crippen molar-refractivity contribution < 1.29 is 9.90 Å². The van der Waals surface area contributed by atoms with E-state index in [2.05, 4.69) is 17.1 Å². The fraction of sp³-hybridized carbons (Fsp3) is 0.938. The van der Waals surface area contributed by atoms with Crippen LogP contribution in [0.5, 0.6) is 0 Å². The molecule has 0 aromatic carbocycles. The van der Waals surface area contributed by atoms with Gasteiger partial charge < -0.3 is 15.3 Å². The Kier molecular flexibility index (Phi) is 6.30. The van der Waals surface area contributed by atoms with E-state index < -0.39 is 5.97 Å². The van der Waals surface area contributed by atoms with E-state index in [-0.39, 0.29) is 6.04 Å². The van der Waals surface area contributed by atoms with E-state index >= 15 is 0 Å². The third-order valence-electron chi connectivity index (χ3n) is 5.00. The van der Waals surface area contributed by atoms with Gasteiger partial charge in [0.05, 0.1) is 0 Å². The minimum absolute atomic E-state index is 0.376. The number of rotatable bonds is 7. The Hall–Kier alpha value is -0.610. The minimum Gasteiger partial charge on any atom is -0.480 e. The van der Waals surface area contributed by atoms with Crippen molar-refractivity contribution in [3.05, 3.63) is 0 Å². The topological polar surface area (TPSA) is 52.6 Å². The summed E-state index contributed by atoms with van der Waals surface area (Å²) in [4.78, 5) is 13.9. The van der Waals surface area contributed by atoms with Gasteiger partial charge in [-0.3, -0.25) is 4.79 Å². The van der Waals surface area contributed by atoms with Crippen LogP contribution in [-0.4, -0.2) is 47.7 Å². The van der Waals surface area contributed by atoms with E-state index in [0.717, 1.165) is 37.9 Å². The second kappa shape index (κ2) is 7.99. The maximum absolute atomic E-state index is 11.3. The molecule has 2 rings (SSSR count). The molecule has 0 aromatic heterocycles. The van der Waals surface area contributed by atoms with E-state index in [1.54, 1.807) is 0 Å². The first-order chi connectivity index (χ1) is 9.72. The lowest BCUT2D eigenvalue weighted by molar-refractivity contribution is -0.139. The number of fused-ring (bicyclic) bond motifs is 1.